The zero-order valence-corrected chi connectivity index (χ0v) is 18.8. The summed E-state index contributed by atoms with van der Waals surface area (Å²) >= 11 is 0. The van der Waals surface area contributed by atoms with E-state index < -0.39 is 0 Å². The highest BCUT2D eigenvalue weighted by Crippen LogP contribution is 2.20. The lowest BCUT2D eigenvalue weighted by Gasteiger charge is -2.37. The summed E-state index contributed by atoms with van der Waals surface area (Å²) in [5.41, 5.74) is 2.65. The molecule has 2 aromatic rings. The topological polar surface area (TPSA) is 52.8 Å². The van der Waals surface area contributed by atoms with E-state index in [1.54, 1.807) is 7.11 Å². The molecule has 2 aliphatic heterocycles. The van der Waals surface area contributed by atoms with Crippen LogP contribution >= 0.6 is 24.8 Å². The molecule has 0 amide bonds. The maximum absolute atomic E-state index is 5.76. The van der Waals surface area contributed by atoms with Gasteiger partial charge in [-0.15, -0.1) is 24.8 Å². The van der Waals surface area contributed by atoms with Crippen molar-refractivity contribution in [2.75, 3.05) is 66.1 Å². The first-order chi connectivity index (χ1) is 13.3. The van der Waals surface area contributed by atoms with Gasteiger partial charge in [-0.2, -0.15) is 0 Å². The van der Waals surface area contributed by atoms with Gasteiger partial charge >= 0.3 is 0 Å². The number of halogens is 2. The lowest BCUT2D eigenvalue weighted by Crippen LogP contribution is -2.54. The Morgan fingerprint density at radius 3 is 2.72 bits per heavy atom. The third-order valence-corrected chi connectivity index (χ3v) is 5.79. The molecule has 1 aromatic carbocycles. The van der Waals surface area contributed by atoms with Crippen LogP contribution in [0.1, 0.15) is 5.56 Å². The van der Waals surface area contributed by atoms with Gasteiger partial charge in [0.2, 0.25) is 0 Å². The Hall–Kier alpha value is -0.860. The number of fused-ring (bicyclic) bond motifs is 1. The minimum absolute atomic E-state index is 0. The van der Waals surface area contributed by atoms with E-state index in [2.05, 4.69) is 50.6 Å². The van der Waals surface area contributed by atoms with E-state index in [9.17, 15) is 0 Å². The van der Waals surface area contributed by atoms with Crippen LogP contribution in [-0.2, 0) is 15.9 Å². The maximum Gasteiger partial charge on any atom is 0.0935 e. The van der Waals surface area contributed by atoms with Crippen LogP contribution in [0.2, 0.25) is 0 Å². The van der Waals surface area contributed by atoms with Crippen LogP contribution in [0.3, 0.4) is 0 Å². The fraction of sp³-hybridized carbons (Fsp3) is 0.619. The summed E-state index contributed by atoms with van der Waals surface area (Å²) in [7, 11) is 1.75. The first kappa shape index (κ1) is 24.4. The Labute approximate surface area is 186 Å². The number of methoxy groups -OCH3 is 1. The molecule has 0 radical (unpaired) electrons. The third kappa shape index (κ3) is 6.56. The lowest BCUT2D eigenvalue weighted by molar-refractivity contribution is -0.0624. The lowest BCUT2D eigenvalue weighted by atomic mass is 10.0. The fourth-order valence-corrected chi connectivity index (χ4v) is 4.35. The molecule has 2 fully saturated rings. The van der Waals surface area contributed by atoms with E-state index in [0.717, 1.165) is 58.8 Å². The number of nitrogens with one attached hydrogen (secondary N) is 2. The van der Waals surface area contributed by atoms with E-state index in [0.29, 0.717) is 12.6 Å². The molecule has 8 heteroatoms. The van der Waals surface area contributed by atoms with Crippen LogP contribution in [0.4, 0.5) is 0 Å². The van der Waals surface area contributed by atoms with E-state index in [4.69, 9.17) is 9.47 Å². The molecule has 2 N–H and O–H groups in total. The van der Waals surface area contributed by atoms with Crippen LogP contribution in [-0.4, -0.2) is 93.1 Å². The fourth-order valence-electron chi connectivity index (χ4n) is 4.35. The second kappa shape index (κ2) is 12.1. The van der Waals surface area contributed by atoms with Crippen LogP contribution in [0, 0.1) is 0 Å². The molecule has 2 saturated heterocycles. The average molecular weight is 445 g/mol. The molecule has 6 nitrogen and oxygen atoms in total. The summed E-state index contributed by atoms with van der Waals surface area (Å²) in [6.45, 7) is 9.10. The van der Waals surface area contributed by atoms with Gasteiger partial charge in [-0.3, -0.25) is 9.80 Å². The molecule has 1 aromatic heterocycles. The van der Waals surface area contributed by atoms with Crippen molar-refractivity contribution in [2.24, 2.45) is 0 Å². The Bertz CT molecular complexity index is 728. The smallest absolute Gasteiger partial charge is 0.0935 e. The normalized spacial score (nSPS) is 23.5. The Morgan fingerprint density at radius 2 is 1.90 bits per heavy atom. The summed E-state index contributed by atoms with van der Waals surface area (Å²) in [5, 5.41) is 5.06. The number of para-hydroxylation sites is 1. The number of nitrogens with zero attached hydrogens (tertiary/aromatic N) is 2. The summed E-state index contributed by atoms with van der Waals surface area (Å²) in [5.74, 6) is 0. The largest absolute Gasteiger partial charge is 0.382 e. The van der Waals surface area contributed by atoms with E-state index in [1.807, 2.05) is 0 Å². The van der Waals surface area contributed by atoms with Gasteiger partial charge in [-0.1, -0.05) is 18.2 Å². The van der Waals surface area contributed by atoms with Crippen LogP contribution in [0.15, 0.2) is 30.5 Å². The molecule has 3 heterocycles. The van der Waals surface area contributed by atoms with Gasteiger partial charge in [0.15, 0.2) is 0 Å². The van der Waals surface area contributed by atoms with Crippen LogP contribution < -0.4 is 5.32 Å². The average Bonchev–Trinajstić information content (AvgIpc) is 3.10. The number of hydrogen-bond donors (Lipinski definition) is 2. The van der Waals surface area contributed by atoms with Gasteiger partial charge in [0, 0.05) is 76.1 Å². The monoisotopic (exact) mass is 444 g/mol. The second-order valence-corrected chi connectivity index (χ2v) is 7.76. The Kier molecular flexibility index (Phi) is 10.2. The maximum atomic E-state index is 5.76. The third-order valence-electron chi connectivity index (χ3n) is 5.79. The minimum atomic E-state index is 0. The van der Waals surface area contributed by atoms with Crippen LogP contribution in [0.5, 0.6) is 0 Å². The number of aromatic amines is 1. The summed E-state index contributed by atoms with van der Waals surface area (Å²) < 4.78 is 11.0. The highest BCUT2D eigenvalue weighted by atomic mass is 35.5. The van der Waals surface area contributed by atoms with Gasteiger partial charge in [-0.05, 0) is 18.1 Å². The molecular formula is C21H34Cl2N4O2. The van der Waals surface area contributed by atoms with Crippen molar-refractivity contribution < 1.29 is 9.47 Å². The second-order valence-electron chi connectivity index (χ2n) is 7.76. The number of morpholine rings is 1. The molecule has 0 bridgehead atoms. The van der Waals surface area contributed by atoms with Crippen molar-refractivity contribution >= 4 is 35.7 Å². The molecule has 0 aliphatic carbocycles. The minimum Gasteiger partial charge on any atom is -0.382 e. The highest BCUT2D eigenvalue weighted by Gasteiger charge is 2.23. The molecule has 0 spiro atoms. The number of H-pyrrole nitrogens is 1. The molecule has 0 saturated carbocycles. The van der Waals surface area contributed by atoms with Crippen molar-refractivity contribution in [3.05, 3.63) is 36.0 Å². The van der Waals surface area contributed by atoms with E-state index >= 15 is 0 Å². The first-order valence-electron chi connectivity index (χ1n) is 10.2. The first-order valence-corrected chi connectivity index (χ1v) is 10.2. The number of hydrogen-bond acceptors (Lipinski definition) is 5. The van der Waals surface area contributed by atoms with Gasteiger partial charge in [0.05, 0.1) is 19.3 Å². The molecule has 1 unspecified atom stereocenters. The van der Waals surface area contributed by atoms with Crippen molar-refractivity contribution in [1.82, 2.24) is 20.1 Å². The molecule has 164 valence electrons. The zero-order valence-electron chi connectivity index (χ0n) is 17.1. The SMILES string of the molecule is COC[C@@H]1CN(CCN2CCNC(Cc3c[nH]c4ccccc34)C2)CCO1.Cl.Cl. The van der Waals surface area contributed by atoms with Gasteiger partial charge in [0.1, 0.15) is 0 Å². The summed E-state index contributed by atoms with van der Waals surface area (Å²) in [6.07, 6.45) is 3.48. The van der Waals surface area contributed by atoms with Crippen molar-refractivity contribution in [2.45, 2.75) is 18.6 Å². The number of benzene rings is 1. The van der Waals surface area contributed by atoms with Crippen molar-refractivity contribution in [1.29, 1.82) is 0 Å². The summed E-state index contributed by atoms with van der Waals surface area (Å²) in [4.78, 5) is 8.53. The summed E-state index contributed by atoms with van der Waals surface area (Å²) in [6, 6.07) is 9.10. The Balaban J connectivity index is 0.00000150. The quantitative estimate of drug-likeness (QED) is 0.685. The standard InChI is InChI=1S/C21H32N4O2.2ClH/c1-26-16-19-15-25(10-11-27-19)9-8-24-7-6-22-18(14-24)12-17-13-23-21-5-3-2-4-20(17)21;;/h2-5,13,18-19,22-23H,6-12,14-16H2,1H3;2*1H/t18?,19-;;/m0../s1. The molecule has 4 rings (SSSR count). The van der Waals surface area contributed by atoms with E-state index in [1.165, 1.54) is 16.5 Å². The number of aromatic nitrogens is 1. The van der Waals surface area contributed by atoms with Crippen molar-refractivity contribution in [3.8, 4) is 0 Å². The van der Waals surface area contributed by atoms with Gasteiger partial charge < -0.3 is 19.8 Å². The molecular weight excluding hydrogens is 411 g/mol. The molecule has 2 atom stereocenters. The van der Waals surface area contributed by atoms with Gasteiger partial charge in [0.25, 0.3) is 0 Å². The van der Waals surface area contributed by atoms with Crippen LogP contribution in [0.25, 0.3) is 10.9 Å². The van der Waals surface area contributed by atoms with E-state index in [-0.39, 0.29) is 30.9 Å². The zero-order chi connectivity index (χ0) is 18.5. The molecule has 29 heavy (non-hydrogen) atoms. The number of rotatable bonds is 7. The predicted molar refractivity (Wildman–Crippen MR) is 123 cm³/mol. The predicted octanol–water partition coefficient (Wildman–Crippen LogP) is 2.18. The number of ether oxygens (including phenoxy) is 2. The van der Waals surface area contributed by atoms with Gasteiger partial charge in [-0.25, -0.2) is 0 Å². The molecule has 2 aliphatic rings. The van der Waals surface area contributed by atoms with Crippen molar-refractivity contribution in [3.63, 3.8) is 0 Å². The number of piperazine rings is 1. The Morgan fingerprint density at radius 1 is 1.10 bits per heavy atom. The highest BCUT2D eigenvalue weighted by molar-refractivity contribution is 5.85.